The standard InChI is InChI=1S/C20H19N3O3S/c1-26-14-8-6-13(7-9-14)23-19(24)12-17(20(23)25)27-11-10-18-21-15-4-2-3-5-16(15)22-18/h2-9,17H,10-12H2,1H3,(H,21,22)/t17-/m1/s1. The second-order valence-electron chi connectivity index (χ2n) is 6.28. The highest BCUT2D eigenvalue weighted by atomic mass is 32.2. The Morgan fingerprint density at radius 2 is 1.96 bits per heavy atom. The van der Waals surface area contributed by atoms with Crippen molar-refractivity contribution < 1.29 is 14.3 Å². The fourth-order valence-electron chi connectivity index (χ4n) is 3.16. The monoisotopic (exact) mass is 381 g/mol. The van der Waals surface area contributed by atoms with Crippen LogP contribution < -0.4 is 9.64 Å². The first-order valence-electron chi connectivity index (χ1n) is 8.72. The van der Waals surface area contributed by atoms with E-state index in [-0.39, 0.29) is 23.5 Å². The van der Waals surface area contributed by atoms with Crippen LogP contribution in [0, 0.1) is 0 Å². The first-order chi connectivity index (χ1) is 13.2. The van der Waals surface area contributed by atoms with Crippen molar-refractivity contribution in [2.45, 2.75) is 18.1 Å². The number of imidazole rings is 1. The summed E-state index contributed by atoms with van der Waals surface area (Å²) in [5.74, 6) is 1.99. The molecule has 1 saturated heterocycles. The van der Waals surface area contributed by atoms with Crippen LogP contribution in [0.2, 0.25) is 0 Å². The molecule has 138 valence electrons. The van der Waals surface area contributed by atoms with Gasteiger partial charge in [-0.05, 0) is 36.4 Å². The SMILES string of the molecule is COc1ccc(N2C(=O)C[C@@H](SCCc3nc4ccccc4[nH]3)C2=O)cc1. The smallest absolute Gasteiger partial charge is 0.247 e. The number of nitrogens with zero attached hydrogens (tertiary/aromatic N) is 2. The van der Waals surface area contributed by atoms with Gasteiger partial charge in [0, 0.05) is 18.6 Å². The van der Waals surface area contributed by atoms with E-state index in [2.05, 4.69) is 9.97 Å². The third kappa shape index (κ3) is 3.55. The summed E-state index contributed by atoms with van der Waals surface area (Å²) in [5.41, 5.74) is 2.54. The van der Waals surface area contributed by atoms with Crippen molar-refractivity contribution in [3.63, 3.8) is 0 Å². The lowest BCUT2D eigenvalue weighted by Crippen LogP contribution is -2.31. The molecule has 1 aromatic heterocycles. The lowest BCUT2D eigenvalue weighted by Gasteiger charge is -2.15. The quantitative estimate of drug-likeness (QED) is 0.664. The van der Waals surface area contributed by atoms with Gasteiger partial charge >= 0.3 is 0 Å². The van der Waals surface area contributed by atoms with Crippen LogP contribution in [0.4, 0.5) is 5.69 Å². The van der Waals surface area contributed by atoms with E-state index in [1.54, 1.807) is 31.4 Å². The van der Waals surface area contributed by atoms with Gasteiger partial charge in [0.2, 0.25) is 11.8 Å². The molecule has 0 bridgehead atoms. The maximum absolute atomic E-state index is 12.7. The number of H-pyrrole nitrogens is 1. The highest BCUT2D eigenvalue weighted by Gasteiger charge is 2.39. The Kier molecular flexibility index (Phi) is 4.85. The summed E-state index contributed by atoms with van der Waals surface area (Å²) >= 11 is 1.51. The van der Waals surface area contributed by atoms with Crippen molar-refractivity contribution >= 4 is 40.3 Å². The number of thioether (sulfide) groups is 1. The molecule has 4 rings (SSSR count). The van der Waals surface area contributed by atoms with Gasteiger partial charge in [0.1, 0.15) is 11.6 Å². The molecule has 3 aromatic rings. The molecule has 0 unspecified atom stereocenters. The summed E-state index contributed by atoms with van der Waals surface area (Å²) in [4.78, 5) is 34.1. The van der Waals surface area contributed by atoms with Crippen molar-refractivity contribution in [1.82, 2.24) is 9.97 Å². The molecule has 2 amide bonds. The number of rotatable bonds is 6. The van der Waals surface area contributed by atoms with Crippen LogP contribution in [0.5, 0.6) is 5.75 Å². The predicted molar refractivity (Wildman–Crippen MR) is 106 cm³/mol. The van der Waals surface area contributed by atoms with Crippen molar-refractivity contribution in [3.8, 4) is 5.75 Å². The average molecular weight is 381 g/mol. The average Bonchev–Trinajstić information content (AvgIpc) is 3.22. The Bertz CT molecular complexity index is 951. The Morgan fingerprint density at radius 3 is 2.70 bits per heavy atom. The van der Waals surface area contributed by atoms with Gasteiger partial charge in [0.05, 0.1) is 29.1 Å². The van der Waals surface area contributed by atoms with Crippen LogP contribution in [0.15, 0.2) is 48.5 Å². The van der Waals surface area contributed by atoms with Crippen molar-refractivity contribution in [2.24, 2.45) is 0 Å². The van der Waals surface area contributed by atoms with E-state index in [1.807, 2.05) is 24.3 Å². The first kappa shape index (κ1) is 17.6. The topological polar surface area (TPSA) is 75.3 Å². The summed E-state index contributed by atoms with van der Waals surface area (Å²) < 4.78 is 5.12. The molecule has 1 aliphatic rings. The number of ether oxygens (including phenoxy) is 1. The second kappa shape index (κ2) is 7.44. The predicted octanol–water partition coefficient (Wildman–Crippen LogP) is 3.18. The van der Waals surface area contributed by atoms with Gasteiger partial charge in [-0.15, -0.1) is 11.8 Å². The minimum Gasteiger partial charge on any atom is -0.497 e. The third-order valence-corrected chi connectivity index (χ3v) is 5.74. The Hall–Kier alpha value is -2.80. The summed E-state index contributed by atoms with van der Waals surface area (Å²) in [6.45, 7) is 0. The molecule has 0 aliphatic carbocycles. The molecule has 2 aromatic carbocycles. The number of aromatic nitrogens is 2. The molecule has 1 atom stereocenters. The number of carbonyl (C=O) groups excluding carboxylic acids is 2. The number of anilines is 1. The molecule has 0 saturated carbocycles. The fraction of sp³-hybridized carbons (Fsp3) is 0.250. The summed E-state index contributed by atoms with van der Waals surface area (Å²) in [6, 6.07) is 14.8. The molecular weight excluding hydrogens is 362 g/mol. The van der Waals surface area contributed by atoms with E-state index < -0.39 is 0 Å². The number of hydrogen-bond donors (Lipinski definition) is 1. The molecule has 2 heterocycles. The molecule has 7 heteroatoms. The molecule has 1 N–H and O–H groups in total. The highest BCUT2D eigenvalue weighted by Crippen LogP contribution is 2.31. The number of hydrogen-bond acceptors (Lipinski definition) is 5. The minimum absolute atomic E-state index is 0.153. The minimum atomic E-state index is -0.344. The number of imide groups is 1. The second-order valence-corrected chi connectivity index (χ2v) is 7.59. The highest BCUT2D eigenvalue weighted by molar-refractivity contribution is 8.00. The Morgan fingerprint density at radius 1 is 1.19 bits per heavy atom. The Labute approximate surface area is 160 Å². The lowest BCUT2D eigenvalue weighted by molar-refractivity contribution is -0.121. The van der Waals surface area contributed by atoms with E-state index in [0.29, 0.717) is 11.4 Å². The van der Waals surface area contributed by atoms with Crippen LogP contribution in [-0.4, -0.2) is 39.9 Å². The zero-order chi connectivity index (χ0) is 18.8. The van der Waals surface area contributed by atoms with Gasteiger partial charge in [0.25, 0.3) is 0 Å². The van der Waals surface area contributed by atoms with Gasteiger partial charge in [0.15, 0.2) is 0 Å². The number of aromatic amines is 1. The number of para-hydroxylation sites is 2. The van der Waals surface area contributed by atoms with E-state index in [4.69, 9.17) is 4.74 Å². The third-order valence-electron chi connectivity index (χ3n) is 4.53. The zero-order valence-corrected chi connectivity index (χ0v) is 15.7. The molecule has 1 aliphatic heterocycles. The number of fused-ring (bicyclic) bond motifs is 1. The van der Waals surface area contributed by atoms with Gasteiger partial charge < -0.3 is 9.72 Å². The van der Waals surface area contributed by atoms with Crippen molar-refractivity contribution in [3.05, 3.63) is 54.4 Å². The summed E-state index contributed by atoms with van der Waals surface area (Å²) in [7, 11) is 1.58. The number of methoxy groups -OCH3 is 1. The van der Waals surface area contributed by atoms with Gasteiger partial charge in [-0.3, -0.25) is 9.59 Å². The number of benzene rings is 2. The van der Waals surface area contributed by atoms with Crippen LogP contribution in [-0.2, 0) is 16.0 Å². The van der Waals surface area contributed by atoms with Gasteiger partial charge in [-0.25, -0.2) is 9.88 Å². The molecular formula is C20H19N3O3S. The van der Waals surface area contributed by atoms with E-state index in [1.165, 1.54) is 16.7 Å². The number of carbonyl (C=O) groups is 2. The number of aryl methyl sites for hydroxylation is 1. The largest absolute Gasteiger partial charge is 0.497 e. The Balaban J connectivity index is 1.38. The molecule has 0 spiro atoms. The number of amides is 2. The lowest BCUT2D eigenvalue weighted by atomic mass is 10.3. The number of nitrogens with one attached hydrogen (secondary N) is 1. The maximum Gasteiger partial charge on any atom is 0.247 e. The van der Waals surface area contributed by atoms with Crippen molar-refractivity contribution in [2.75, 3.05) is 17.8 Å². The van der Waals surface area contributed by atoms with E-state index in [9.17, 15) is 9.59 Å². The first-order valence-corrected chi connectivity index (χ1v) is 9.76. The van der Waals surface area contributed by atoms with Crippen molar-refractivity contribution in [1.29, 1.82) is 0 Å². The summed E-state index contributed by atoms with van der Waals surface area (Å²) in [6.07, 6.45) is 0.954. The van der Waals surface area contributed by atoms with Crippen LogP contribution in [0.3, 0.4) is 0 Å². The fourth-order valence-corrected chi connectivity index (χ4v) is 4.26. The van der Waals surface area contributed by atoms with E-state index >= 15 is 0 Å². The van der Waals surface area contributed by atoms with Crippen LogP contribution in [0.25, 0.3) is 11.0 Å². The molecule has 0 radical (unpaired) electrons. The van der Waals surface area contributed by atoms with Gasteiger partial charge in [-0.2, -0.15) is 0 Å². The molecule has 6 nitrogen and oxygen atoms in total. The molecule has 1 fully saturated rings. The summed E-state index contributed by atoms with van der Waals surface area (Å²) in [5, 5.41) is -0.344. The normalized spacial score (nSPS) is 17.1. The van der Waals surface area contributed by atoms with Crippen LogP contribution in [0.1, 0.15) is 12.2 Å². The van der Waals surface area contributed by atoms with Crippen LogP contribution >= 0.6 is 11.8 Å². The van der Waals surface area contributed by atoms with E-state index in [0.717, 1.165) is 29.0 Å². The zero-order valence-electron chi connectivity index (χ0n) is 14.8. The maximum atomic E-state index is 12.7. The van der Waals surface area contributed by atoms with Gasteiger partial charge in [-0.1, -0.05) is 12.1 Å². The molecule has 27 heavy (non-hydrogen) atoms.